The highest BCUT2D eigenvalue weighted by Gasteiger charge is 2.27. The van der Waals surface area contributed by atoms with E-state index in [9.17, 15) is 4.79 Å². The molecule has 3 aromatic rings. The Balaban J connectivity index is 1.59. The van der Waals surface area contributed by atoms with Gasteiger partial charge < -0.3 is 9.47 Å². The molecule has 0 N–H and O–H groups in total. The van der Waals surface area contributed by atoms with Gasteiger partial charge >= 0.3 is 5.97 Å². The van der Waals surface area contributed by atoms with Crippen molar-refractivity contribution in [3.05, 3.63) is 53.3 Å². The molecule has 1 aliphatic carbocycles. The maximum Gasteiger partial charge on any atom is 0.309 e. The summed E-state index contributed by atoms with van der Waals surface area (Å²) in [5, 5.41) is 5.64. The number of aryl methyl sites for hydroxylation is 1. The number of hydrogen-bond donors (Lipinski definition) is 0. The van der Waals surface area contributed by atoms with Gasteiger partial charge in [-0.05, 0) is 55.0 Å². The van der Waals surface area contributed by atoms with Crippen molar-refractivity contribution in [3.63, 3.8) is 0 Å². The lowest BCUT2D eigenvalue weighted by molar-refractivity contribution is -0.148. The molecule has 1 atom stereocenters. The zero-order valence-corrected chi connectivity index (χ0v) is 15.6. The maximum absolute atomic E-state index is 12.1. The fourth-order valence-corrected chi connectivity index (χ4v) is 3.76. The van der Waals surface area contributed by atoms with Crippen LogP contribution in [0.5, 0.6) is 5.75 Å². The lowest BCUT2D eigenvalue weighted by Crippen LogP contribution is -2.25. The topological polar surface area (TPSA) is 66.2 Å². The van der Waals surface area contributed by atoms with Crippen molar-refractivity contribution >= 4 is 17.0 Å². The van der Waals surface area contributed by atoms with E-state index < -0.39 is 0 Å². The predicted molar refractivity (Wildman–Crippen MR) is 102 cm³/mol. The number of carbonyl (C=O) groups is 1. The number of carbonyl (C=O) groups excluding carboxylic acids is 1. The van der Waals surface area contributed by atoms with E-state index in [-0.39, 0.29) is 11.9 Å². The second kappa shape index (κ2) is 7.39. The molecule has 1 aliphatic rings. The molecule has 1 aromatic carbocycles. The summed E-state index contributed by atoms with van der Waals surface area (Å²) >= 11 is 0. The van der Waals surface area contributed by atoms with Gasteiger partial charge in [-0.15, -0.1) is 0 Å². The van der Waals surface area contributed by atoms with Gasteiger partial charge in [0, 0.05) is 11.6 Å². The van der Waals surface area contributed by atoms with Gasteiger partial charge in [0.15, 0.2) is 5.65 Å². The fraction of sp³-hybridized carbons (Fsp3) is 0.381. The first kappa shape index (κ1) is 17.5. The summed E-state index contributed by atoms with van der Waals surface area (Å²) < 4.78 is 12.3. The minimum Gasteiger partial charge on any atom is -0.497 e. The molecule has 27 heavy (non-hydrogen) atoms. The van der Waals surface area contributed by atoms with Gasteiger partial charge in [-0.25, -0.2) is 9.67 Å². The van der Waals surface area contributed by atoms with Gasteiger partial charge in [-0.2, -0.15) is 5.10 Å². The summed E-state index contributed by atoms with van der Waals surface area (Å²) in [5.41, 5.74) is 4.43. The molecule has 2 heterocycles. The third-order valence-electron chi connectivity index (χ3n) is 5.19. The molecule has 2 aromatic heterocycles. The molecular formula is C21H23N3O3. The normalized spacial score (nSPS) is 16.1. The number of esters is 1. The first-order chi connectivity index (χ1) is 13.2. The number of methoxy groups -OCH3 is 1. The van der Waals surface area contributed by atoms with Gasteiger partial charge in [0.1, 0.15) is 5.75 Å². The molecule has 0 aliphatic heterocycles. The van der Waals surface area contributed by atoms with Gasteiger partial charge in [-0.1, -0.05) is 12.1 Å². The summed E-state index contributed by atoms with van der Waals surface area (Å²) in [5.74, 6) is 0.678. The van der Waals surface area contributed by atoms with E-state index in [4.69, 9.17) is 9.47 Å². The Morgan fingerprint density at radius 1 is 1.26 bits per heavy atom. The van der Waals surface area contributed by atoms with Crippen LogP contribution in [0.2, 0.25) is 0 Å². The molecule has 0 saturated heterocycles. The molecular weight excluding hydrogens is 342 g/mol. The molecule has 6 heteroatoms. The number of ether oxygens (including phenoxy) is 2. The van der Waals surface area contributed by atoms with Crippen LogP contribution >= 0.6 is 0 Å². The first-order valence-electron chi connectivity index (χ1n) is 9.31. The average Bonchev–Trinajstić information content (AvgIpc) is 3.11. The van der Waals surface area contributed by atoms with Crippen molar-refractivity contribution in [1.29, 1.82) is 0 Å². The number of benzene rings is 1. The number of pyridine rings is 1. The minimum atomic E-state index is -0.0987. The van der Waals surface area contributed by atoms with Gasteiger partial charge in [0.25, 0.3) is 0 Å². The highest BCUT2D eigenvalue weighted by Crippen LogP contribution is 2.31. The minimum absolute atomic E-state index is 0.0638. The van der Waals surface area contributed by atoms with E-state index in [1.54, 1.807) is 7.11 Å². The highest BCUT2D eigenvalue weighted by atomic mass is 16.5. The molecule has 0 amide bonds. The van der Waals surface area contributed by atoms with Gasteiger partial charge in [0.05, 0.1) is 32.4 Å². The lowest BCUT2D eigenvalue weighted by Gasteiger charge is -2.23. The molecule has 0 saturated carbocycles. The largest absolute Gasteiger partial charge is 0.497 e. The Hall–Kier alpha value is -2.89. The second-order valence-corrected chi connectivity index (χ2v) is 6.84. The smallest absolute Gasteiger partial charge is 0.309 e. The van der Waals surface area contributed by atoms with Crippen LogP contribution in [0.1, 0.15) is 30.0 Å². The second-order valence-electron chi connectivity index (χ2n) is 6.84. The lowest BCUT2D eigenvalue weighted by atomic mass is 9.84. The van der Waals surface area contributed by atoms with Crippen molar-refractivity contribution in [1.82, 2.24) is 14.8 Å². The summed E-state index contributed by atoms with van der Waals surface area (Å²) in [4.78, 5) is 16.7. The van der Waals surface area contributed by atoms with Crippen molar-refractivity contribution in [2.24, 2.45) is 5.92 Å². The highest BCUT2D eigenvalue weighted by molar-refractivity contribution is 5.81. The van der Waals surface area contributed by atoms with Crippen LogP contribution in [0.3, 0.4) is 0 Å². The van der Waals surface area contributed by atoms with Crippen LogP contribution < -0.4 is 4.74 Å². The van der Waals surface area contributed by atoms with E-state index in [1.807, 2.05) is 48.3 Å². The predicted octanol–water partition coefficient (Wildman–Crippen LogP) is 3.16. The van der Waals surface area contributed by atoms with Crippen molar-refractivity contribution < 1.29 is 14.3 Å². The van der Waals surface area contributed by atoms with E-state index >= 15 is 0 Å². The maximum atomic E-state index is 12.1. The van der Waals surface area contributed by atoms with Crippen molar-refractivity contribution in [2.45, 2.75) is 32.7 Å². The zero-order chi connectivity index (χ0) is 18.8. The van der Waals surface area contributed by atoms with Crippen LogP contribution in [-0.4, -0.2) is 34.5 Å². The Labute approximate surface area is 158 Å². The molecule has 4 rings (SSSR count). The average molecular weight is 365 g/mol. The number of hydrogen-bond acceptors (Lipinski definition) is 5. The van der Waals surface area contributed by atoms with Crippen LogP contribution in [0, 0.1) is 5.92 Å². The molecule has 0 bridgehead atoms. The number of aromatic nitrogens is 3. The van der Waals surface area contributed by atoms with Crippen molar-refractivity contribution in [3.8, 4) is 5.75 Å². The Bertz CT molecular complexity index is 963. The van der Waals surface area contributed by atoms with Crippen LogP contribution in [0.4, 0.5) is 0 Å². The molecule has 0 spiro atoms. The third-order valence-corrected chi connectivity index (χ3v) is 5.19. The monoisotopic (exact) mass is 365 g/mol. The Kier molecular flexibility index (Phi) is 4.79. The SMILES string of the molecule is CCOC(=O)C1CCc2c(cnc3c2cnn3Cc2ccc(OC)cc2)C1. The van der Waals surface area contributed by atoms with E-state index in [0.29, 0.717) is 19.6 Å². The zero-order valence-electron chi connectivity index (χ0n) is 15.6. The van der Waals surface area contributed by atoms with E-state index in [0.717, 1.165) is 40.8 Å². The van der Waals surface area contributed by atoms with Gasteiger partial charge in [0.2, 0.25) is 0 Å². The van der Waals surface area contributed by atoms with Crippen molar-refractivity contribution in [2.75, 3.05) is 13.7 Å². The molecule has 140 valence electrons. The Morgan fingerprint density at radius 3 is 2.81 bits per heavy atom. The number of rotatable bonds is 5. The Morgan fingerprint density at radius 2 is 2.07 bits per heavy atom. The van der Waals surface area contributed by atoms with E-state index in [2.05, 4.69) is 10.1 Å². The van der Waals surface area contributed by atoms with Gasteiger partial charge in [-0.3, -0.25) is 4.79 Å². The third kappa shape index (κ3) is 3.39. The van der Waals surface area contributed by atoms with Crippen LogP contribution in [0.15, 0.2) is 36.7 Å². The van der Waals surface area contributed by atoms with Crippen LogP contribution in [-0.2, 0) is 28.9 Å². The molecule has 6 nitrogen and oxygen atoms in total. The van der Waals surface area contributed by atoms with E-state index in [1.165, 1.54) is 5.56 Å². The summed E-state index contributed by atoms with van der Waals surface area (Å²) in [6.07, 6.45) is 6.16. The number of nitrogens with zero attached hydrogens (tertiary/aromatic N) is 3. The number of fused-ring (bicyclic) bond motifs is 3. The standard InChI is InChI=1S/C21H23N3O3/c1-3-27-21(25)15-6-9-18-16(10-15)11-22-20-19(18)12-23-24(20)13-14-4-7-17(26-2)8-5-14/h4-5,7-8,11-12,15H,3,6,9-10,13H2,1-2H3. The molecule has 0 fully saturated rings. The quantitative estimate of drug-likeness (QED) is 0.650. The summed E-state index contributed by atoms with van der Waals surface area (Å²) in [6.45, 7) is 2.93. The van der Waals surface area contributed by atoms with Crippen LogP contribution in [0.25, 0.3) is 11.0 Å². The molecule has 0 radical (unpaired) electrons. The summed E-state index contributed by atoms with van der Waals surface area (Å²) in [7, 11) is 1.66. The molecule has 1 unspecified atom stereocenters. The first-order valence-corrected chi connectivity index (χ1v) is 9.31. The fourth-order valence-electron chi connectivity index (χ4n) is 3.76. The summed E-state index contributed by atoms with van der Waals surface area (Å²) in [6, 6.07) is 7.97.